The normalized spacial score (nSPS) is 15.1. The summed E-state index contributed by atoms with van der Waals surface area (Å²) in [7, 11) is 0. The molecule has 1 saturated heterocycles. The lowest BCUT2D eigenvalue weighted by Crippen LogP contribution is -2.44. The Kier molecular flexibility index (Phi) is 11.8. The molecule has 2 amide bonds. The van der Waals surface area contributed by atoms with Crippen LogP contribution in [-0.4, -0.2) is 53.1 Å². The van der Waals surface area contributed by atoms with E-state index in [1.807, 2.05) is 24.3 Å². The van der Waals surface area contributed by atoms with E-state index in [0.717, 1.165) is 44.8 Å². The topological polar surface area (TPSA) is 128 Å². The number of H-pyrrole nitrogens is 1. The van der Waals surface area contributed by atoms with Crippen LogP contribution in [0, 0.1) is 23.0 Å². The average molecular weight is 844 g/mol. The molecule has 10 nitrogen and oxygen atoms in total. The Balaban J connectivity index is 0.854. The minimum Gasteiger partial charge on any atom is -0.490 e. The Hall–Kier alpha value is -6.18. The number of nitrogens with one attached hydrogen (secondary N) is 2. The Morgan fingerprint density at radius 1 is 0.967 bits per heavy atom. The summed E-state index contributed by atoms with van der Waals surface area (Å²) in [5.74, 6) is -2.19. The van der Waals surface area contributed by atoms with Crippen LogP contribution >= 0.6 is 12.2 Å². The Morgan fingerprint density at radius 2 is 1.72 bits per heavy atom. The van der Waals surface area contributed by atoms with Crippen LogP contribution in [0.5, 0.6) is 5.75 Å². The predicted octanol–water partition coefficient (Wildman–Crippen LogP) is 8.93. The predicted molar refractivity (Wildman–Crippen MR) is 218 cm³/mol. The Bertz CT molecular complexity index is 2570. The number of benzene rings is 4. The Morgan fingerprint density at radius 3 is 2.43 bits per heavy atom. The number of carbonyl (C=O) groups is 3. The smallest absolute Gasteiger partial charge is 0.417 e. The summed E-state index contributed by atoms with van der Waals surface area (Å²) in [6.07, 6.45) is -2.58. The van der Waals surface area contributed by atoms with Gasteiger partial charge in [0.2, 0.25) is 5.91 Å². The van der Waals surface area contributed by atoms with Gasteiger partial charge in [-0.3, -0.25) is 19.3 Å². The summed E-state index contributed by atoms with van der Waals surface area (Å²) in [5.41, 5.74) is 1.43. The molecular weight excluding hydrogens is 806 g/mol. The van der Waals surface area contributed by atoms with E-state index in [0.29, 0.717) is 49.4 Å². The zero-order valence-electron chi connectivity index (χ0n) is 32.5. The fourth-order valence-electron chi connectivity index (χ4n) is 7.54. The lowest BCUT2D eigenvalue weighted by molar-refractivity contribution is -0.137. The number of Topliss-reactive ketones (excluding diaryl/α,β-unsaturated/α-hetero) is 1. The molecule has 2 aliphatic rings. The van der Waals surface area contributed by atoms with Gasteiger partial charge in [0, 0.05) is 66.3 Å². The van der Waals surface area contributed by atoms with Crippen LogP contribution < -0.4 is 19.9 Å². The number of carbonyl (C=O) groups excluding carboxylic acids is 3. The number of aromatic nitrogens is 1. The number of ketones is 1. The molecule has 1 aromatic heterocycles. The van der Waals surface area contributed by atoms with E-state index in [9.17, 15) is 31.9 Å². The van der Waals surface area contributed by atoms with Crippen LogP contribution in [-0.2, 0) is 33.5 Å². The van der Waals surface area contributed by atoms with Crippen LogP contribution in [0.2, 0.25) is 0 Å². The molecule has 2 N–H and O–H groups in total. The van der Waals surface area contributed by atoms with Crippen molar-refractivity contribution in [3.63, 3.8) is 0 Å². The number of hydrogen-bond acceptors (Lipinski definition) is 7. The Labute approximate surface area is 346 Å². The quantitative estimate of drug-likeness (QED) is 0.0684. The van der Waals surface area contributed by atoms with E-state index in [1.165, 1.54) is 55.1 Å². The third kappa shape index (κ3) is 8.32. The average Bonchev–Trinajstić information content (AvgIpc) is 3.58. The first-order chi connectivity index (χ1) is 28.6. The summed E-state index contributed by atoms with van der Waals surface area (Å²) in [6, 6.07) is 18.7. The number of nitrogens with zero attached hydrogens (tertiary/aromatic N) is 3. The number of amides is 2. The first-order valence-corrected chi connectivity index (χ1v) is 19.5. The van der Waals surface area contributed by atoms with Gasteiger partial charge in [-0.1, -0.05) is 24.3 Å². The second-order valence-corrected chi connectivity index (χ2v) is 15.3. The number of hydrogen-bond donors (Lipinski definition) is 2. The van der Waals surface area contributed by atoms with Crippen LogP contribution in [0.1, 0.15) is 72.1 Å². The molecule has 310 valence electrons. The third-order valence-corrected chi connectivity index (χ3v) is 10.9. The SMILES string of the molecule is CC1(C)C(=O)N(c2ccc(C#N)c(C(F)(F)F)c2)C(=S)N1c1ccc(OCCCOCCC(=O)NCc2ccc(-c3[nH]c4cc(F)cc5c4c3CCCC5=O)cc2)c(F)c1. The second kappa shape index (κ2) is 16.8. The highest BCUT2D eigenvalue weighted by Gasteiger charge is 2.51. The molecule has 0 unspecified atom stereocenters. The van der Waals surface area contributed by atoms with Crippen LogP contribution in [0.3, 0.4) is 0 Å². The molecule has 5 aromatic rings. The molecule has 1 aliphatic carbocycles. The maximum atomic E-state index is 15.3. The van der Waals surface area contributed by atoms with Gasteiger partial charge in [-0.25, -0.2) is 8.78 Å². The minimum absolute atomic E-state index is 0.0561. The monoisotopic (exact) mass is 843 g/mol. The largest absolute Gasteiger partial charge is 0.490 e. The number of aromatic amines is 1. The first-order valence-electron chi connectivity index (χ1n) is 19.1. The van der Waals surface area contributed by atoms with Gasteiger partial charge < -0.3 is 24.7 Å². The molecule has 1 aliphatic heterocycles. The second-order valence-electron chi connectivity index (χ2n) is 14.9. The van der Waals surface area contributed by atoms with E-state index in [1.54, 1.807) is 0 Å². The number of aryl methyl sites for hydroxylation is 1. The summed E-state index contributed by atoms with van der Waals surface area (Å²) in [6.45, 7) is 3.81. The van der Waals surface area contributed by atoms with E-state index in [2.05, 4.69) is 10.3 Å². The van der Waals surface area contributed by atoms with Crippen molar-refractivity contribution < 1.29 is 45.8 Å². The van der Waals surface area contributed by atoms with Crippen molar-refractivity contribution in [2.24, 2.45) is 0 Å². The highest BCUT2D eigenvalue weighted by atomic mass is 32.1. The van der Waals surface area contributed by atoms with E-state index in [4.69, 9.17) is 27.0 Å². The summed E-state index contributed by atoms with van der Waals surface area (Å²) in [5, 5.41) is 12.6. The van der Waals surface area contributed by atoms with Gasteiger partial charge in [-0.15, -0.1) is 0 Å². The van der Waals surface area contributed by atoms with E-state index < -0.39 is 40.4 Å². The molecule has 2 heterocycles. The number of alkyl halides is 3. The van der Waals surface area contributed by atoms with Crippen molar-refractivity contribution in [3.8, 4) is 23.1 Å². The molecule has 0 radical (unpaired) electrons. The lowest BCUT2D eigenvalue weighted by Gasteiger charge is -2.29. The third-order valence-electron chi connectivity index (χ3n) is 10.5. The highest BCUT2D eigenvalue weighted by molar-refractivity contribution is 7.81. The number of nitriles is 1. The zero-order chi connectivity index (χ0) is 42.9. The van der Waals surface area contributed by atoms with Gasteiger partial charge in [0.05, 0.1) is 36.1 Å². The van der Waals surface area contributed by atoms with Gasteiger partial charge in [0.15, 0.2) is 22.5 Å². The van der Waals surface area contributed by atoms with E-state index >= 15 is 4.39 Å². The zero-order valence-corrected chi connectivity index (χ0v) is 33.3. The standard InChI is InChI=1S/C44H38F5N5O5S/c1-43(2)41(57)53(29-12-11-27(23-50)33(21-29)44(47,48)49)42(60)54(43)30-13-14-37(34(46)22-30)59-17-4-16-58-18-15-38(56)51-24-25-7-9-26(10-8-25)40-31-5-3-6-36(55)32-19-28(45)20-35(52-40)39(31)32/h7-14,19-22,52H,3-6,15-18,24H2,1-2H3,(H,51,56). The van der Waals surface area contributed by atoms with Gasteiger partial charge in [-0.05, 0) is 98.1 Å². The van der Waals surface area contributed by atoms with E-state index in [-0.39, 0.29) is 60.2 Å². The highest BCUT2D eigenvalue weighted by Crippen LogP contribution is 2.41. The van der Waals surface area contributed by atoms with Crippen molar-refractivity contribution in [1.82, 2.24) is 10.3 Å². The maximum Gasteiger partial charge on any atom is 0.417 e. The minimum atomic E-state index is -4.85. The van der Waals surface area contributed by atoms with Crippen molar-refractivity contribution in [1.29, 1.82) is 5.26 Å². The van der Waals surface area contributed by atoms with Crippen LogP contribution in [0.15, 0.2) is 72.8 Å². The van der Waals surface area contributed by atoms with Gasteiger partial charge in [0.25, 0.3) is 5.91 Å². The van der Waals surface area contributed by atoms with Gasteiger partial charge in [-0.2, -0.15) is 18.4 Å². The fraction of sp³-hybridized carbons (Fsp3) is 0.295. The molecule has 16 heteroatoms. The summed E-state index contributed by atoms with van der Waals surface area (Å²) in [4.78, 5) is 44.1. The molecule has 7 rings (SSSR count). The molecule has 60 heavy (non-hydrogen) atoms. The molecule has 4 aromatic carbocycles. The van der Waals surface area contributed by atoms with Gasteiger partial charge >= 0.3 is 6.18 Å². The number of anilines is 2. The number of thiocarbonyl (C=S) groups is 1. The molecule has 0 saturated carbocycles. The fourth-order valence-corrected chi connectivity index (χ4v) is 8.06. The van der Waals surface area contributed by atoms with Crippen LogP contribution in [0.25, 0.3) is 22.2 Å². The van der Waals surface area contributed by atoms with Gasteiger partial charge in [0.1, 0.15) is 11.4 Å². The number of rotatable bonds is 13. The first kappa shape index (κ1) is 42.0. The van der Waals surface area contributed by atoms with Crippen molar-refractivity contribution >= 4 is 57.2 Å². The van der Waals surface area contributed by atoms with Crippen LogP contribution in [0.4, 0.5) is 33.3 Å². The molecular formula is C44H38F5N5O5S. The van der Waals surface area contributed by atoms with Crippen molar-refractivity contribution in [3.05, 3.63) is 112 Å². The maximum absolute atomic E-state index is 15.3. The molecule has 0 bridgehead atoms. The van der Waals surface area contributed by atoms with Crippen molar-refractivity contribution in [2.45, 2.75) is 64.2 Å². The lowest BCUT2D eigenvalue weighted by atomic mass is 9.99. The van der Waals surface area contributed by atoms with Crippen molar-refractivity contribution in [2.75, 3.05) is 29.6 Å². The number of ether oxygens (including phenoxy) is 2. The number of halogens is 5. The molecule has 0 atom stereocenters. The molecule has 1 fully saturated rings. The molecule has 0 spiro atoms. The summed E-state index contributed by atoms with van der Waals surface area (Å²) >= 11 is 5.52. The summed E-state index contributed by atoms with van der Waals surface area (Å²) < 4.78 is 81.7.